The number of ether oxygens (including phenoxy) is 2. The van der Waals surface area contributed by atoms with Crippen LogP contribution in [0.5, 0.6) is 11.5 Å². The Morgan fingerprint density at radius 2 is 1.74 bits per heavy atom. The molecule has 0 atom stereocenters. The molecule has 0 aliphatic carbocycles. The highest BCUT2D eigenvalue weighted by atomic mass is 16.5. The van der Waals surface area contributed by atoms with Crippen LogP contribution in [0.15, 0.2) is 48.5 Å². The molecule has 0 saturated carbocycles. The molecule has 0 bridgehead atoms. The third kappa shape index (κ3) is 4.67. The molecule has 0 spiro atoms. The van der Waals surface area contributed by atoms with E-state index in [1.165, 1.54) is 11.1 Å². The SMILES string of the molecule is COc1ccc(Nc2cc(C)nc(NCc3ccccc3C)n2)c(OC)c1. The number of aromatic nitrogens is 2. The maximum absolute atomic E-state index is 5.44. The Morgan fingerprint density at radius 1 is 0.926 bits per heavy atom. The molecule has 27 heavy (non-hydrogen) atoms. The first kappa shape index (κ1) is 18.5. The van der Waals surface area contributed by atoms with Gasteiger partial charge in [0.25, 0.3) is 0 Å². The van der Waals surface area contributed by atoms with E-state index < -0.39 is 0 Å². The summed E-state index contributed by atoms with van der Waals surface area (Å²) < 4.78 is 10.7. The first-order valence-electron chi connectivity index (χ1n) is 8.72. The van der Waals surface area contributed by atoms with Crippen LogP contribution in [-0.2, 0) is 6.54 Å². The van der Waals surface area contributed by atoms with Crippen LogP contribution in [0, 0.1) is 13.8 Å². The predicted molar refractivity (Wildman–Crippen MR) is 108 cm³/mol. The molecule has 2 N–H and O–H groups in total. The van der Waals surface area contributed by atoms with Gasteiger partial charge in [0.05, 0.1) is 19.9 Å². The minimum Gasteiger partial charge on any atom is -0.497 e. The van der Waals surface area contributed by atoms with E-state index in [0.717, 1.165) is 17.1 Å². The fraction of sp³-hybridized carbons (Fsp3) is 0.238. The van der Waals surface area contributed by atoms with Crippen molar-refractivity contribution in [3.8, 4) is 11.5 Å². The molecule has 2 aromatic carbocycles. The zero-order valence-corrected chi connectivity index (χ0v) is 16.0. The van der Waals surface area contributed by atoms with Crippen LogP contribution >= 0.6 is 0 Å². The zero-order valence-electron chi connectivity index (χ0n) is 16.0. The summed E-state index contributed by atoms with van der Waals surface area (Å²) in [5.74, 6) is 2.68. The largest absolute Gasteiger partial charge is 0.497 e. The highest BCUT2D eigenvalue weighted by Crippen LogP contribution is 2.31. The Labute approximate surface area is 159 Å². The molecule has 1 aromatic heterocycles. The summed E-state index contributed by atoms with van der Waals surface area (Å²) in [6, 6.07) is 15.7. The molecular formula is C21H24N4O2. The minimum absolute atomic E-state index is 0.577. The van der Waals surface area contributed by atoms with Gasteiger partial charge in [0.2, 0.25) is 5.95 Å². The lowest BCUT2D eigenvalue weighted by atomic mass is 10.1. The molecule has 0 saturated heterocycles. The Balaban J connectivity index is 1.78. The van der Waals surface area contributed by atoms with E-state index in [4.69, 9.17) is 9.47 Å². The number of benzene rings is 2. The standard InChI is InChI=1S/C21H24N4O2/c1-14-7-5-6-8-16(14)13-22-21-23-15(2)11-20(25-21)24-18-10-9-17(26-3)12-19(18)27-4/h5-12H,13H2,1-4H3,(H2,22,23,24,25). The van der Waals surface area contributed by atoms with Gasteiger partial charge < -0.3 is 20.1 Å². The number of anilines is 3. The van der Waals surface area contributed by atoms with Gasteiger partial charge in [-0.1, -0.05) is 24.3 Å². The minimum atomic E-state index is 0.577. The van der Waals surface area contributed by atoms with E-state index in [-0.39, 0.29) is 0 Å². The number of hydrogen-bond acceptors (Lipinski definition) is 6. The van der Waals surface area contributed by atoms with E-state index in [1.54, 1.807) is 14.2 Å². The van der Waals surface area contributed by atoms with Crippen LogP contribution in [-0.4, -0.2) is 24.2 Å². The molecule has 0 aliphatic heterocycles. The fourth-order valence-electron chi connectivity index (χ4n) is 2.73. The molecule has 0 unspecified atom stereocenters. The third-order valence-corrected chi connectivity index (χ3v) is 4.22. The number of aryl methyl sites for hydroxylation is 2. The Kier molecular flexibility index (Phi) is 5.76. The normalized spacial score (nSPS) is 10.4. The molecule has 6 heteroatoms. The van der Waals surface area contributed by atoms with E-state index in [0.29, 0.717) is 24.1 Å². The molecule has 0 aliphatic rings. The number of nitrogens with zero attached hydrogens (tertiary/aromatic N) is 2. The van der Waals surface area contributed by atoms with Crippen LogP contribution in [0.4, 0.5) is 17.5 Å². The molecule has 0 radical (unpaired) electrons. The quantitative estimate of drug-likeness (QED) is 0.645. The monoisotopic (exact) mass is 364 g/mol. The molecule has 6 nitrogen and oxygen atoms in total. The van der Waals surface area contributed by atoms with Gasteiger partial charge in [-0.05, 0) is 37.1 Å². The Bertz CT molecular complexity index is 928. The van der Waals surface area contributed by atoms with Gasteiger partial charge in [-0.2, -0.15) is 4.98 Å². The van der Waals surface area contributed by atoms with Crippen LogP contribution in [0.2, 0.25) is 0 Å². The van der Waals surface area contributed by atoms with Gasteiger partial charge in [0.1, 0.15) is 17.3 Å². The zero-order chi connectivity index (χ0) is 19.2. The Morgan fingerprint density at radius 3 is 2.48 bits per heavy atom. The van der Waals surface area contributed by atoms with E-state index in [2.05, 4.69) is 39.7 Å². The lowest BCUT2D eigenvalue weighted by molar-refractivity contribution is 0.395. The molecule has 0 amide bonds. The van der Waals surface area contributed by atoms with Crippen molar-refractivity contribution in [3.05, 3.63) is 65.4 Å². The first-order valence-corrected chi connectivity index (χ1v) is 8.72. The van der Waals surface area contributed by atoms with Gasteiger partial charge in [0, 0.05) is 24.4 Å². The number of hydrogen-bond donors (Lipinski definition) is 2. The van der Waals surface area contributed by atoms with Crippen LogP contribution in [0.1, 0.15) is 16.8 Å². The van der Waals surface area contributed by atoms with Crippen LogP contribution < -0.4 is 20.1 Å². The summed E-state index contributed by atoms with van der Waals surface area (Å²) in [6.07, 6.45) is 0. The lowest BCUT2D eigenvalue weighted by Gasteiger charge is -2.14. The second kappa shape index (κ2) is 8.40. The van der Waals surface area contributed by atoms with Gasteiger partial charge in [-0.3, -0.25) is 0 Å². The van der Waals surface area contributed by atoms with Crippen molar-refractivity contribution < 1.29 is 9.47 Å². The third-order valence-electron chi connectivity index (χ3n) is 4.22. The second-order valence-corrected chi connectivity index (χ2v) is 6.19. The second-order valence-electron chi connectivity index (χ2n) is 6.19. The molecule has 1 heterocycles. The summed E-state index contributed by atoms with van der Waals surface area (Å²) >= 11 is 0. The molecule has 3 aromatic rings. The van der Waals surface area contributed by atoms with Gasteiger partial charge >= 0.3 is 0 Å². The van der Waals surface area contributed by atoms with Gasteiger partial charge in [-0.25, -0.2) is 4.98 Å². The maximum atomic E-state index is 5.44. The maximum Gasteiger partial charge on any atom is 0.225 e. The summed E-state index contributed by atoms with van der Waals surface area (Å²) in [4.78, 5) is 9.05. The highest BCUT2D eigenvalue weighted by Gasteiger charge is 2.08. The molecule has 140 valence electrons. The van der Waals surface area contributed by atoms with Crippen molar-refractivity contribution in [1.82, 2.24) is 9.97 Å². The van der Waals surface area contributed by atoms with Crippen molar-refractivity contribution in [2.75, 3.05) is 24.9 Å². The number of methoxy groups -OCH3 is 2. The van der Waals surface area contributed by atoms with Crippen molar-refractivity contribution in [2.45, 2.75) is 20.4 Å². The number of rotatable bonds is 7. The van der Waals surface area contributed by atoms with Crippen molar-refractivity contribution >= 4 is 17.5 Å². The van der Waals surface area contributed by atoms with Crippen LogP contribution in [0.25, 0.3) is 0 Å². The molecule has 0 fully saturated rings. The number of nitrogens with one attached hydrogen (secondary N) is 2. The summed E-state index contributed by atoms with van der Waals surface area (Å²) in [6.45, 7) is 4.70. The summed E-state index contributed by atoms with van der Waals surface area (Å²) in [7, 11) is 3.25. The highest BCUT2D eigenvalue weighted by molar-refractivity contribution is 5.66. The Hall–Kier alpha value is -3.28. The smallest absolute Gasteiger partial charge is 0.225 e. The van der Waals surface area contributed by atoms with E-state index in [1.807, 2.05) is 43.3 Å². The average Bonchev–Trinajstić information content (AvgIpc) is 2.67. The van der Waals surface area contributed by atoms with Crippen molar-refractivity contribution in [1.29, 1.82) is 0 Å². The molecule has 3 rings (SSSR count). The van der Waals surface area contributed by atoms with E-state index in [9.17, 15) is 0 Å². The van der Waals surface area contributed by atoms with Gasteiger partial charge in [-0.15, -0.1) is 0 Å². The topological polar surface area (TPSA) is 68.3 Å². The summed E-state index contributed by atoms with van der Waals surface area (Å²) in [5, 5.41) is 6.60. The van der Waals surface area contributed by atoms with Crippen molar-refractivity contribution in [2.24, 2.45) is 0 Å². The lowest BCUT2D eigenvalue weighted by Crippen LogP contribution is -2.07. The van der Waals surface area contributed by atoms with Crippen LogP contribution in [0.3, 0.4) is 0 Å². The average molecular weight is 364 g/mol. The van der Waals surface area contributed by atoms with E-state index >= 15 is 0 Å². The predicted octanol–water partition coefficient (Wildman–Crippen LogP) is 4.47. The fourth-order valence-corrected chi connectivity index (χ4v) is 2.73. The van der Waals surface area contributed by atoms with Gasteiger partial charge in [0.15, 0.2) is 0 Å². The molecular weight excluding hydrogens is 340 g/mol. The van der Waals surface area contributed by atoms with Crippen molar-refractivity contribution in [3.63, 3.8) is 0 Å². The first-order chi connectivity index (χ1) is 13.1. The summed E-state index contributed by atoms with van der Waals surface area (Å²) in [5.41, 5.74) is 4.13.